The molecule has 0 unspecified atom stereocenters. The smallest absolute Gasteiger partial charge is 0.272 e. The third-order valence-electron chi connectivity index (χ3n) is 3.48. The maximum atomic E-state index is 12.1. The highest BCUT2D eigenvalue weighted by Crippen LogP contribution is 2.17. The SMILES string of the molecule is O=C(NC1CCCCC1)c1ccc(-n2cncn2)nn1. The molecule has 104 valence electrons. The molecule has 0 atom stereocenters. The Morgan fingerprint density at radius 1 is 1.20 bits per heavy atom. The van der Waals surface area contributed by atoms with Crippen LogP contribution in [0.3, 0.4) is 0 Å². The van der Waals surface area contributed by atoms with Crippen molar-refractivity contribution in [3.63, 3.8) is 0 Å². The first-order valence-electron chi connectivity index (χ1n) is 6.82. The van der Waals surface area contributed by atoms with E-state index in [1.807, 2.05) is 0 Å². The van der Waals surface area contributed by atoms with Gasteiger partial charge >= 0.3 is 0 Å². The van der Waals surface area contributed by atoms with Crippen LogP contribution < -0.4 is 5.32 Å². The molecule has 0 spiro atoms. The van der Waals surface area contributed by atoms with Crippen molar-refractivity contribution in [1.29, 1.82) is 0 Å². The van der Waals surface area contributed by atoms with Crippen LogP contribution in [0.4, 0.5) is 0 Å². The molecule has 1 N–H and O–H groups in total. The summed E-state index contributed by atoms with van der Waals surface area (Å²) in [7, 11) is 0. The van der Waals surface area contributed by atoms with Gasteiger partial charge < -0.3 is 5.32 Å². The standard InChI is InChI=1S/C13H16N6O/c20-13(16-10-4-2-1-3-5-10)11-6-7-12(18-17-11)19-9-14-8-15-19/h6-10H,1-5H2,(H,16,20). The molecule has 20 heavy (non-hydrogen) atoms. The lowest BCUT2D eigenvalue weighted by Gasteiger charge is -2.22. The normalized spacial score (nSPS) is 16.0. The quantitative estimate of drug-likeness (QED) is 0.905. The van der Waals surface area contributed by atoms with Crippen LogP contribution in [-0.4, -0.2) is 36.9 Å². The Hall–Kier alpha value is -2.31. The van der Waals surface area contributed by atoms with Crippen molar-refractivity contribution in [3.05, 3.63) is 30.5 Å². The summed E-state index contributed by atoms with van der Waals surface area (Å²) in [6.45, 7) is 0. The van der Waals surface area contributed by atoms with Gasteiger partial charge in [-0.15, -0.1) is 10.2 Å². The minimum Gasteiger partial charge on any atom is -0.348 e. The minimum absolute atomic E-state index is 0.158. The summed E-state index contributed by atoms with van der Waals surface area (Å²) < 4.78 is 1.50. The molecule has 0 aliphatic heterocycles. The van der Waals surface area contributed by atoms with E-state index in [-0.39, 0.29) is 11.9 Å². The van der Waals surface area contributed by atoms with Crippen LogP contribution in [0.2, 0.25) is 0 Å². The van der Waals surface area contributed by atoms with Crippen molar-refractivity contribution in [3.8, 4) is 5.82 Å². The predicted octanol–water partition coefficient (Wildman–Crippen LogP) is 1.12. The topological polar surface area (TPSA) is 85.6 Å². The van der Waals surface area contributed by atoms with Gasteiger partial charge in [-0.1, -0.05) is 19.3 Å². The molecular weight excluding hydrogens is 256 g/mol. The monoisotopic (exact) mass is 272 g/mol. The minimum atomic E-state index is -0.158. The number of amides is 1. The number of rotatable bonds is 3. The molecule has 2 heterocycles. The molecule has 1 aliphatic rings. The van der Waals surface area contributed by atoms with E-state index in [2.05, 4.69) is 25.6 Å². The van der Waals surface area contributed by atoms with Gasteiger partial charge in [-0.3, -0.25) is 4.79 Å². The zero-order chi connectivity index (χ0) is 13.8. The Morgan fingerprint density at radius 2 is 2.05 bits per heavy atom. The number of aromatic nitrogens is 5. The summed E-state index contributed by atoms with van der Waals surface area (Å²) in [5.74, 6) is 0.381. The van der Waals surface area contributed by atoms with Gasteiger partial charge in [0, 0.05) is 6.04 Å². The molecule has 1 saturated carbocycles. The van der Waals surface area contributed by atoms with Gasteiger partial charge in [-0.25, -0.2) is 9.67 Å². The number of nitrogens with one attached hydrogen (secondary N) is 1. The van der Waals surface area contributed by atoms with Crippen LogP contribution in [0, 0.1) is 0 Å². The second-order valence-electron chi connectivity index (χ2n) is 4.93. The molecule has 7 nitrogen and oxygen atoms in total. The molecule has 1 aliphatic carbocycles. The fourth-order valence-electron chi connectivity index (χ4n) is 2.40. The molecule has 2 aromatic rings. The highest BCUT2D eigenvalue weighted by molar-refractivity contribution is 5.92. The molecule has 0 bridgehead atoms. The van der Waals surface area contributed by atoms with Crippen LogP contribution >= 0.6 is 0 Å². The lowest BCUT2D eigenvalue weighted by Crippen LogP contribution is -2.36. The molecular formula is C13H16N6O. The number of carbonyl (C=O) groups excluding carboxylic acids is 1. The van der Waals surface area contributed by atoms with Gasteiger partial charge in [0.05, 0.1) is 0 Å². The van der Waals surface area contributed by atoms with Crippen molar-refractivity contribution in [2.24, 2.45) is 0 Å². The summed E-state index contributed by atoms with van der Waals surface area (Å²) in [4.78, 5) is 15.9. The second-order valence-corrected chi connectivity index (χ2v) is 4.93. The summed E-state index contributed by atoms with van der Waals surface area (Å²) >= 11 is 0. The molecule has 1 fully saturated rings. The van der Waals surface area contributed by atoms with Crippen LogP contribution in [0.1, 0.15) is 42.6 Å². The number of nitrogens with zero attached hydrogens (tertiary/aromatic N) is 5. The largest absolute Gasteiger partial charge is 0.348 e. The summed E-state index contributed by atoms with van der Waals surface area (Å²) in [6.07, 6.45) is 8.69. The number of carbonyl (C=O) groups is 1. The first-order chi connectivity index (χ1) is 9.83. The maximum absolute atomic E-state index is 12.1. The first-order valence-corrected chi connectivity index (χ1v) is 6.82. The maximum Gasteiger partial charge on any atom is 0.272 e. The Labute approximate surface area is 116 Å². The van der Waals surface area contributed by atoms with Gasteiger partial charge in [0.25, 0.3) is 5.91 Å². The Bertz CT molecular complexity index is 559. The molecule has 0 radical (unpaired) electrons. The lowest BCUT2D eigenvalue weighted by atomic mass is 9.95. The molecule has 2 aromatic heterocycles. The van der Waals surface area contributed by atoms with Crippen LogP contribution in [0.5, 0.6) is 0 Å². The molecule has 3 rings (SSSR count). The van der Waals surface area contributed by atoms with Crippen molar-refractivity contribution in [1.82, 2.24) is 30.3 Å². The van der Waals surface area contributed by atoms with Gasteiger partial charge in [-0.2, -0.15) is 5.10 Å². The average molecular weight is 272 g/mol. The zero-order valence-corrected chi connectivity index (χ0v) is 11.1. The predicted molar refractivity (Wildman–Crippen MR) is 71.3 cm³/mol. The third kappa shape index (κ3) is 2.81. The van der Waals surface area contributed by atoms with Crippen LogP contribution in [-0.2, 0) is 0 Å². The van der Waals surface area contributed by atoms with Gasteiger partial charge in [0.2, 0.25) is 0 Å². The lowest BCUT2D eigenvalue weighted by molar-refractivity contribution is 0.0921. The van der Waals surface area contributed by atoms with Crippen molar-refractivity contribution >= 4 is 5.91 Å². The Morgan fingerprint density at radius 3 is 2.70 bits per heavy atom. The average Bonchev–Trinajstić information content (AvgIpc) is 3.03. The van der Waals surface area contributed by atoms with E-state index >= 15 is 0 Å². The first kappa shape index (κ1) is 12.7. The van der Waals surface area contributed by atoms with E-state index in [9.17, 15) is 4.79 Å². The molecule has 0 saturated heterocycles. The highest BCUT2D eigenvalue weighted by Gasteiger charge is 2.17. The van der Waals surface area contributed by atoms with E-state index < -0.39 is 0 Å². The fourth-order valence-corrected chi connectivity index (χ4v) is 2.40. The van der Waals surface area contributed by atoms with Crippen molar-refractivity contribution in [2.75, 3.05) is 0 Å². The Kier molecular flexibility index (Phi) is 3.67. The van der Waals surface area contributed by atoms with E-state index in [1.165, 1.54) is 36.6 Å². The highest BCUT2D eigenvalue weighted by atomic mass is 16.2. The number of hydrogen-bond donors (Lipinski definition) is 1. The van der Waals surface area contributed by atoms with E-state index in [1.54, 1.807) is 12.1 Å². The molecule has 7 heteroatoms. The fraction of sp³-hybridized carbons (Fsp3) is 0.462. The van der Waals surface area contributed by atoms with Gasteiger partial charge in [0.15, 0.2) is 11.5 Å². The van der Waals surface area contributed by atoms with E-state index in [0.29, 0.717) is 11.5 Å². The zero-order valence-electron chi connectivity index (χ0n) is 11.1. The summed E-state index contributed by atoms with van der Waals surface area (Å²) in [6, 6.07) is 3.63. The second kappa shape index (κ2) is 5.77. The third-order valence-corrected chi connectivity index (χ3v) is 3.48. The summed E-state index contributed by atoms with van der Waals surface area (Å²) in [5.41, 5.74) is 0.333. The summed E-state index contributed by atoms with van der Waals surface area (Å²) in [5, 5.41) is 14.9. The van der Waals surface area contributed by atoms with Crippen LogP contribution in [0.25, 0.3) is 5.82 Å². The Balaban J connectivity index is 1.66. The number of hydrogen-bond acceptors (Lipinski definition) is 5. The van der Waals surface area contributed by atoms with Crippen molar-refractivity contribution in [2.45, 2.75) is 38.1 Å². The van der Waals surface area contributed by atoms with E-state index in [4.69, 9.17) is 0 Å². The molecule has 1 amide bonds. The molecule has 0 aromatic carbocycles. The van der Waals surface area contributed by atoms with E-state index in [0.717, 1.165) is 12.8 Å². The van der Waals surface area contributed by atoms with Gasteiger partial charge in [0.1, 0.15) is 12.7 Å². The van der Waals surface area contributed by atoms with Gasteiger partial charge in [-0.05, 0) is 25.0 Å². The van der Waals surface area contributed by atoms with Crippen LogP contribution in [0.15, 0.2) is 24.8 Å². The van der Waals surface area contributed by atoms with Crippen molar-refractivity contribution < 1.29 is 4.79 Å².